The second-order valence-electron chi connectivity index (χ2n) is 7.64. The van der Waals surface area contributed by atoms with Crippen molar-refractivity contribution < 1.29 is 9.47 Å². The van der Waals surface area contributed by atoms with Gasteiger partial charge in [0, 0.05) is 30.8 Å². The van der Waals surface area contributed by atoms with E-state index < -0.39 is 0 Å². The van der Waals surface area contributed by atoms with E-state index in [4.69, 9.17) is 14.5 Å². The highest BCUT2D eigenvalue weighted by atomic mass is 16.5. The third-order valence-corrected chi connectivity index (χ3v) is 6.24. The second kappa shape index (κ2) is 7.01. The van der Waals surface area contributed by atoms with Crippen LogP contribution in [-0.4, -0.2) is 43.2 Å². The van der Waals surface area contributed by atoms with Crippen LogP contribution < -0.4 is 4.74 Å². The van der Waals surface area contributed by atoms with Gasteiger partial charge in [-0.3, -0.25) is 9.88 Å². The predicted octanol–water partition coefficient (Wildman–Crippen LogP) is 4.14. The number of fused-ring (bicyclic) bond motifs is 4. The Morgan fingerprint density at radius 2 is 2.15 bits per heavy atom. The monoisotopic (exact) mass is 352 g/mol. The highest BCUT2D eigenvalue weighted by Gasteiger charge is 2.43. The molecule has 1 aromatic carbocycles. The van der Waals surface area contributed by atoms with Crippen molar-refractivity contribution in [3.05, 3.63) is 48.2 Å². The van der Waals surface area contributed by atoms with Crippen LogP contribution >= 0.6 is 0 Å². The average molecular weight is 352 g/mol. The van der Waals surface area contributed by atoms with E-state index in [-0.39, 0.29) is 6.10 Å². The molecule has 0 N–H and O–H groups in total. The fourth-order valence-electron chi connectivity index (χ4n) is 4.91. The molecule has 0 aliphatic carbocycles. The summed E-state index contributed by atoms with van der Waals surface area (Å²) in [5.41, 5.74) is 3.25. The number of pyridine rings is 1. The van der Waals surface area contributed by atoms with Gasteiger partial charge in [-0.1, -0.05) is 6.08 Å². The Morgan fingerprint density at radius 3 is 2.81 bits per heavy atom. The number of rotatable bonds is 5. The fourth-order valence-corrected chi connectivity index (χ4v) is 4.91. The Hall–Kier alpha value is -1.91. The highest BCUT2D eigenvalue weighted by Crippen LogP contribution is 2.43. The van der Waals surface area contributed by atoms with Crippen LogP contribution in [0, 0.1) is 18.8 Å². The minimum absolute atomic E-state index is 0.0415. The molecule has 5 rings (SSSR count). The lowest BCUT2D eigenvalue weighted by molar-refractivity contribution is -0.0601. The highest BCUT2D eigenvalue weighted by molar-refractivity contribution is 5.84. The number of benzene rings is 1. The Labute approximate surface area is 155 Å². The smallest absolute Gasteiger partial charge is 0.119 e. The lowest BCUT2D eigenvalue weighted by Gasteiger charge is -2.51. The molecule has 3 aliphatic rings. The summed E-state index contributed by atoms with van der Waals surface area (Å²) in [6.07, 6.45) is 4.63. The van der Waals surface area contributed by atoms with Crippen molar-refractivity contribution in [1.29, 1.82) is 0 Å². The SMILES string of the molecule is C=CC1CN2CCC1C[C@H]2[C@H](OC)c1cc(C)nc2ccc(OC)cc12. The number of hydrogen-bond donors (Lipinski definition) is 0. The number of piperidine rings is 3. The first-order valence-corrected chi connectivity index (χ1v) is 9.49. The molecule has 3 fully saturated rings. The van der Waals surface area contributed by atoms with Crippen LogP contribution in [0.1, 0.15) is 30.2 Å². The molecule has 2 bridgehead atoms. The number of ether oxygens (including phenoxy) is 2. The summed E-state index contributed by atoms with van der Waals surface area (Å²) in [4.78, 5) is 7.31. The van der Waals surface area contributed by atoms with Gasteiger partial charge < -0.3 is 9.47 Å². The van der Waals surface area contributed by atoms with Gasteiger partial charge in [-0.05, 0) is 68.0 Å². The number of hydrogen-bond acceptors (Lipinski definition) is 4. The van der Waals surface area contributed by atoms with Crippen molar-refractivity contribution in [2.24, 2.45) is 11.8 Å². The molecule has 0 radical (unpaired) electrons. The molecule has 0 amide bonds. The number of aromatic nitrogens is 1. The van der Waals surface area contributed by atoms with Crippen molar-refractivity contribution in [2.75, 3.05) is 27.3 Å². The molecular weight excluding hydrogens is 324 g/mol. The van der Waals surface area contributed by atoms with Gasteiger partial charge in [0.1, 0.15) is 5.75 Å². The van der Waals surface area contributed by atoms with Gasteiger partial charge in [0.2, 0.25) is 0 Å². The van der Waals surface area contributed by atoms with Crippen LogP contribution in [0.4, 0.5) is 0 Å². The zero-order valence-electron chi connectivity index (χ0n) is 15.9. The predicted molar refractivity (Wildman–Crippen MR) is 105 cm³/mol. The topological polar surface area (TPSA) is 34.6 Å². The van der Waals surface area contributed by atoms with E-state index in [9.17, 15) is 0 Å². The molecule has 3 aliphatic heterocycles. The molecule has 138 valence electrons. The van der Waals surface area contributed by atoms with Gasteiger partial charge in [0.15, 0.2) is 0 Å². The number of aryl methyl sites for hydroxylation is 1. The van der Waals surface area contributed by atoms with Crippen molar-refractivity contribution in [1.82, 2.24) is 9.88 Å². The molecule has 2 aromatic rings. The van der Waals surface area contributed by atoms with Gasteiger partial charge in [-0.25, -0.2) is 0 Å². The molecule has 5 atom stereocenters. The Morgan fingerprint density at radius 1 is 1.31 bits per heavy atom. The van der Waals surface area contributed by atoms with E-state index in [1.165, 1.54) is 18.4 Å². The van der Waals surface area contributed by atoms with Crippen LogP contribution in [0.2, 0.25) is 0 Å². The normalized spacial score (nSPS) is 28.9. The first-order chi connectivity index (χ1) is 12.6. The zero-order chi connectivity index (χ0) is 18.3. The maximum atomic E-state index is 6.10. The first kappa shape index (κ1) is 17.5. The minimum Gasteiger partial charge on any atom is -0.497 e. The summed E-state index contributed by atoms with van der Waals surface area (Å²) in [6, 6.07) is 8.70. The summed E-state index contributed by atoms with van der Waals surface area (Å²) in [6.45, 7) is 8.36. The van der Waals surface area contributed by atoms with Gasteiger partial charge in [-0.2, -0.15) is 0 Å². The molecule has 0 spiro atoms. The molecule has 4 nitrogen and oxygen atoms in total. The standard InChI is InChI=1S/C22H28N2O2/c1-5-15-13-24-9-8-16(15)11-21(24)22(26-4)19-10-14(2)23-20-7-6-17(25-3)12-18(19)20/h5-7,10,12,15-16,21-22H,1,8-9,11,13H2,2-4H3/t15?,16?,21-,22+/m0/s1. The van der Waals surface area contributed by atoms with Crippen LogP contribution in [-0.2, 0) is 4.74 Å². The summed E-state index contributed by atoms with van der Waals surface area (Å²) in [5.74, 6) is 2.20. The van der Waals surface area contributed by atoms with Crippen LogP contribution in [0.3, 0.4) is 0 Å². The van der Waals surface area contributed by atoms with E-state index >= 15 is 0 Å². The quantitative estimate of drug-likeness (QED) is 0.758. The van der Waals surface area contributed by atoms with Gasteiger partial charge in [0.05, 0.1) is 18.7 Å². The number of methoxy groups -OCH3 is 2. The summed E-state index contributed by atoms with van der Waals surface area (Å²) in [5, 5.41) is 1.13. The van der Waals surface area contributed by atoms with E-state index in [1.807, 2.05) is 19.2 Å². The molecule has 3 saturated heterocycles. The van der Waals surface area contributed by atoms with E-state index in [0.29, 0.717) is 12.0 Å². The van der Waals surface area contributed by atoms with Gasteiger partial charge >= 0.3 is 0 Å². The van der Waals surface area contributed by atoms with Gasteiger partial charge in [0.25, 0.3) is 0 Å². The van der Waals surface area contributed by atoms with Crippen molar-refractivity contribution in [3.8, 4) is 5.75 Å². The van der Waals surface area contributed by atoms with Crippen molar-refractivity contribution in [2.45, 2.75) is 31.9 Å². The molecule has 3 unspecified atom stereocenters. The largest absolute Gasteiger partial charge is 0.497 e. The Balaban J connectivity index is 1.76. The lowest BCUT2D eigenvalue weighted by Crippen LogP contribution is -2.55. The molecule has 26 heavy (non-hydrogen) atoms. The molecule has 1 aromatic heterocycles. The molecular formula is C22H28N2O2. The first-order valence-electron chi connectivity index (χ1n) is 9.49. The maximum absolute atomic E-state index is 6.10. The van der Waals surface area contributed by atoms with Crippen molar-refractivity contribution >= 4 is 10.9 Å². The van der Waals surface area contributed by atoms with Crippen LogP contribution in [0.15, 0.2) is 36.9 Å². The van der Waals surface area contributed by atoms with Crippen LogP contribution in [0.5, 0.6) is 5.75 Å². The summed E-state index contributed by atoms with van der Waals surface area (Å²) >= 11 is 0. The second-order valence-corrected chi connectivity index (χ2v) is 7.64. The molecule has 4 heteroatoms. The fraction of sp³-hybridized carbons (Fsp3) is 0.500. The van der Waals surface area contributed by atoms with Gasteiger partial charge in [-0.15, -0.1) is 6.58 Å². The third kappa shape index (κ3) is 2.91. The van der Waals surface area contributed by atoms with E-state index in [1.54, 1.807) is 7.11 Å². The maximum Gasteiger partial charge on any atom is 0.119 e. The molecule has 0 saturated carbocycles. The van der Waals surface area contributed by atoms with Crippen LogP contribution in [0.25, 0.3) is 10.9 Å². The minimum atomic E-state index is 0.0415. The Bertz CT molecular complexity index is 819. The third-order valence-electron chi connectivity index (χ3n) is 6.24. The summed E-state index contributed by atoms with van der Waals surface area (Å²) < 4.78 is 11.6. The lowest BCUT2D eigenvalue weighted by atomic mass is 9.73. The van der Waals surface area contributed by atoms with Crippen molar-refractivity contribution in [3.63, 3.8) is 0 Å². The zero-order valence-corrected chi connectivity index (χ0v) is 15.9. The molecule has 4 heterocycles. The average Bonchev–Trinajstić information content (AvgIpc) is 2.68. The summed E-state index contributed by atoms with van der Waals surface area (Å²) in [7, 11) is 3.54. The van der Waals surface area contributed by atoms with E-state index in [0.717, 1.165) is 41.4 Å². The Kier molecular flexibility index (Phi) is 4.72. The van der Waals surface area contributed by atoms with E-state index in [2.05, 4.69) is 36.6 Å². The number of nitrogens with zero attached hydrogens (tertiary/aromatic N) is 2.